The van der Waals surface area contributed by atoms with Crippen molar-refractivity contribution in [3.8, 4) is 11.5 Å². The molecule has 0 amide bonds. The number of nitrogens with two attached hydrogens (primary N) is 1. The average Bonchev–Trinajstić information content (AvgIpc) is 3.11. The Labute approximate surface area is 124 Å². The maximum atomic E-state index is 5.93. The van der Waals surface area contributed by atoms with E-state index < -0.39 is 0 Å². The van der Waals surface area contributed by atoms with Gasteiger partial charge in [0.15, 0.2) is 0 Å². The van der Waals surface area contributed by atoms with E-state index in [9.17, 15) is 0 Å². The summed E-state index contributed by atoms with van der Waals surface area (Å²) >= 11 is 0. The second kappa shape index (κ2) is 5.15. The highest BCUT2D eigenvalue weighted by atomic mass is 16.5. The number of hydrogen-bond donors (Lipinski definition) is 1. The molecule has 3 rings (SSSR count). The molecule has 5 nitrogen and oxygen atoms in total. The van der Waals surface area contributed by atoms with Crippen LogP contribution in [0.15, 0.2) is 16.7 Å². The molecule has 1 aliphatic rings. The molecule has 1 aromatic carbocycles. The molecular weight excluding hydrogens is 266 g/mol. The van der Waals surface area contributed by atoms with Crippen molar-refractivity contribution in [2.24, 2.45) is 0 Å². The van der Waals surface area contributed by atoms with Crippen LogP contribution in [0.1, 0.15) is 42.6 Å². The van der Waals surface area contributed by atoms with Crippen LogP contribution >= 0.6 is 0 Å². The Kier molecular flexibility index (Phi) is 3.45. The Morgan fingerprint density at radius 1 is 1.24 bits per heavy atom. The number of methoxy groups -OCH3 is 1. The molecule has 2 aromatic rings. The summed E-state index contributed by atoms with van der Waals surface area (Å²) in [7, 11) is 1.72. The molecule has 1 heterocycles. The number of nitrogens with zero attached hydrogens (tertiary/aromatic N) is 2. The van der Waals surface area contributed by atoms with E-state index in [-0.39, 0.29) is 5.60 Å². The summed E-state index contributed by atoms with van der Waals surface area (Å²) < 4.78 is 11.2. The molecule has 21 heavy (non-hydrogen) atoms. The first-order valence-electron chi connectivity index (χ1n) is 7.32. The molecule has 0 bridgehead atoms. The van der Waals surface area contributed by atoms with E-state index in [1.54, 1.807) is 7.11 Å². The predicted octanol–water partition coefficient (Wildman–Crippen LogP) is 3.35. The molecule has 1 saturated carbocycles. The topological polar surface area (TPSA) is 74.2 Å². The maximum Gasteiger partial charge on any atom is 0.258 e. The van der Waals surface area contributed by atoms with Crippen LogP contribution < -0.4 is 5.73 Å². The third-order valence-electron chi connectivity index (χ3n) is 4.56. The fraction of sp³-hybridized carbons (Fsp3) is 0.500. The van der Waals surface area contributed by atoms with Gasteiger partial charge in [-0.15, -0.1) is 0 Å². The first kappa shape index (κ1) is 14.1. The minimum absolute atomic E-state index is 0.384. The summed E-state index contributed by atoms with van der Waals surface area (Å²) in [6.45, 7) is 4.07. The Hall–Kier alpha value is -1.88. The third-order valence-corrected chi connectivity index (χ3v) is 4.56. The minimum atomic E-state index is -0.384. The second-order valence-electron chi connectivity index (χ2n) is 5.84. The van der Waals surface area contributed by atoms with Crippen molar-refractivity contribution in [3.05, 3.63) is 29.1 Å². The Balaban J connectivity index is 2.03. The molecule has 5 heteroatoms. The van der Waals surface area contributed by atoms with Crippen LogP contribution in [0.5, 0.6) is 0 Å². The standard InChI is InChI=1S/C16H21N3O2/c1-10-8-12(17)9-13(11(10)2)14-18-15(19-21-14)16(20-3)6-4-5-7-16/h8-9H,4-7,17H2,1-3H3. The zero-order chi connectivity index (χ0) is 15.0. The lowest BCUT2D eigenvalue weighted by atomic mass is 10.0. The molecule has 0 aliphatic heterocycles. The zero-order valence-corrected chi connectivity index (χ0v) is 12.8. The van der Waals surface area contributed by atoms with Gasteiger partial charge in [-0.2, -0.15) is 4.98 Å². The van der Waals surface area contributed by atoms with Gasteiger partial charge in [0.1, 0.15) is 5.60 Å². The van der Waals surface area contributed by atoms with Crippen molar-refractivity contribution in [1.29, 1.82) is 0 Å². The van der Waals surface area contributed by atoms with Crippen LogP contribution in [0.3, 0.4) is 0 Å². The molecule has 1 aliphatic carbocycles. The number of ether oxygens (including phenoxy) is 1. The molecule has 1 aromatic heterocycles. The van der Waals surface area contributed by atoms with Crippen LogP contribution in [-0.2, 0) is 10.3 Å². The molecule has 112 valence electrons. The molecule has 0 atom stereocenters. The van der Waals surface area contributed by atoms with Crippen LogP contribution in [0, 0.1) is 13.8 Å². The Morgan fingerprint density at radius 2 is 1.95 bits per heavy atom. The van der Waals surface area contributed by atoms with Gasteiger partial charge in [0.05, 0.1) is 0 Å². The number of rotatable bonds is 3. The maximum absolute atomic E-state index is 5.93. The van der Waals surface area contributed by atoms with Gasteiger partial charge in [0, 0.05) is 18.4 Å². The van der Waals surface area contributed by atoms with E-state index in [1.807, 2.05) is 26.0 Å². The number of nitrogen functional groups attached to an aromatic ring is 1. The summed E-state index contributed by atoms with van der Waals surface area (Å²) in [5.41, 5.74) is 9.38. The van der Waals surface area contributed by atoms with Gasteiger partial charge in [0.2, 0.25) is 5.82 Å². The zero-order valence-electron chi connectivity index (χ0n) is 12.8. The molecule has 0 unspecified atom stereocenters. The molecular formula is C16H21N3O2. The average molecular weight is 287 g/mol. The largest absolute Gasteiger partial charge is 0.399 e. The number of aromatic nitrogens is 2. The minimum Gasteiger partial charge on any atom is -0.399 e. The van der Waals surface area contributed by atoms with Crippen molar-refractivity contribution >= 4 is 5.69 Å². The Morgan fingerprint density at radius 3 is 2.62 bits per heavy atom. The smallest absolute Gasteiger partial charge is 0.258 e. The van der Waals surface area contributed by atoms with E-state index in [1.165, 1.54) is 0 Å². The molecule has 1 fully saturated rings. The van der Waals surface area contributed by atoms with Crippen LogP contribution in [0.2, 0.25) is 0 Å². The number of aryl methyl sites for hydroxylation is 1. The third kappa shape index (κ3) is 2.31. The summed E-state index contributed by atoms with van der Waals surface area (Å²) in [4.78, 5) is 4.59. The highest BCUT2D eigenvalue weighted by Gasteiger charge is 2.40. The van der Waals surface area contributed by atoms with Crippen LogP contribution in [0.25, 0.3) is 11.5 Å². The lowest BCUT2D eigenvalue weighted by molar-refractivity contribution is -0.0178. The lowest BCUT2D eigenvalue weighted by Crippen LogP contribution is -2.25. The lowest BCUT2D eigenvalue weighted by Gasteiger charge is -2.22. The molecule has 0 saturated heterocycles. The molecule has 0 spiro atoms. The SMILES string of the molecule is COC1(c2noc(-c3cc(N)cc(C)c3C)n2)CCCC1. The van der Waals surface area contributed by atoms with Crippen LogP contribution in [-0.4, -0.2) is 17.3 Å². The fourth-order valence-electron chi connectivity index (χ4n) is 3.09. The highest BCUT2D eigenvalue weighted by Crippen LogP contribution is 2.41. The highest BCUT2D eigenvalue weighted by molar-refractivity contribution is 5.66. The van der Waals surface area contributed by atoms with E-state index >= 15 is 0 Å². The first-order chi connectivity index (χ1) is 10.1. The number of anilines is 1. The monoisotopic (exact) mass is 287 g/mol. The van der Waals surface area contributed by atoms with Gasteiger partial charge in [-0.1, -0.05) is 5.16 Å². The van der Waals surface area contributed by atoms with Gasteiger partial charge in [-0.25, -0.2) is 0 Å². The fourth-order valence-corrected chi connectivity index (χ4v) is 3.09. The van der Waals surface area contributed by atoms with Crippen molar-refractivity contribution in [2.45, 2.75) is 45.1 Å². The van der Waals surface area contributed by atoms with Gasteiger partial charge in [0.25, 0.3) is 5.89 Å². The summed E-state index contributed by atoms with van der Waals surface area (Å²) in [5.74, 6) is 1.17. The van der Waals surface area contributed by atoms with Crippen molar-refractivity contribution in [3.63, 3.8) is 0 Å². The van der Waals surface area contributed by atoms with E-state index in [2.05, 4.69) is 10.1 Å². The van der Waals surface area contributed by atoms with Gasteiger partial charge in [-0.3, -0.25) is 0 Å². The van der Waals surface area contributed by atoms with Gasteiger partial charge < -0.3 is 15.0 Å². The molecule has 0 radical (unpaired) electrons. The summed E-state index contributed by atoms with van der Waals surface area (Å²) in [6, 6.07) is 3.83. The van der Waals surface area contributed by atoms with Gasteiger partial charge in [-0.05, 0) is 62.8 Å². The molecule has 2 N–H and O–H groups in total. The van der Waals surface area contributed by atoms with Crippen molar-refractivity contribution < 1.29 is 9.26 Å². The first-order valence-corrected chi connectivity index (χ1v) is 7.32. The van der Waals surface area contributed by atoms with E-state index in [0.29, 0.717) is 17.4 Å². The normalized spacial score (nSPS) is 17.3. The van der Waals surface area contributed by atoms with Crippen LogP contribution in [0.4, 0.5) is 5.69 Å². The summed E-state index contributed by atoms with van der Waals surface area (Å²) in [5, 5.41) is 4.17. The predicted molar refractivity (Wildman–Crippen MR) is 80.8 cm³/mol. The van der Waals surface area contributed by atoms with E-state index in [0.717, 1.165) is 42.4 Å². The second-order valence-corrected chi connectivity index (χ2v) is 5.84. The van der Waals surface area contributed by atoms with Gasteiger partial charge >= 0.3 is 0 Å². The van der Waals surface area contributed by atoms with Crippen molar-refractivity contribution in [2.75, 3.05) is 12.8 Å². The Bertz CT molecular complexity index is 658. The van der Waals surface area contributed by atoms with E-state index in [4.69, 9.17) is 15.0 Å². The summed E-state index contributed by atoms with van der Waals surface area (Å²) in [6.07, 6.45) is 4.15. The quantitative estimate of drug-likeness (QED) is 0.876. The number of benzene rings is 1. The number of hydrogen-bond acceptors (Lipinski definition) is 5. The van der Waals surface area contributed by atoms with Crippen molar-refractivity contribution in [1.82, 2.24) is 10.1 Å².